The van der Waals surface area contributed by atoms with Crippen molar-refractivity contribution >= 4 is 23.4 Å². The minimum atomic E-state index is -0.505. The third-order valence-electron chi connectivity index (χ3n) is 4.16. The lowest BCUT2D eigenvalue weighted by Crippen LogP contribution is -2.48. The number of hydrogen-bond acceptors (Lipinski definition) is 5. The van der Waals surface area contributed by atoms with Crippen LogP contribution in [0.2, 0.25) is 0 Å². The molecular weight excluding hydrogens is 348 g/mol. The van der Waals surface area contributed by atoms with Crippen molar-refractivity contribution in [1.29, 1.82) is 0 Å². The largest absolute Gasteiger partial charge is 0.496 e. The summed E-state index contributed by atoms with van der Waals surface area (Å²) in [6.07, 6.45) is 0. The summed E-state index contributed by atoms with van der Waals surface area (Å²) in [5.74, 6) is -0.798. The molecule has 0 atom stereocenters. The summed E-state index contributed by atoms with van der Waals surface area (Å²) in [6.45, 7) is 0.259. The van der Waals surface area contributed by atoms with E-state index in [1.807, 2.05) is 24.3 Å². The second-order valence-electron chi connectivity index (χ2n) is 5.96. The molecule has 1 aliphatic heterocycles. The van der Waals surface area contributed by atoms with Gasteiger partial charge in [0, 0.05) is 12.2 Å². The topological polar surface area (TPSA) is 99.8 Å². The molecule has 0 spiro atoms. The number of fused-ring (bicyclic) bond motifs is 1. The van der Waals surface area contributed by atoms with Gasteiger partial charge in [0.25, 0.3) is 11.8 Å². The highest BCUT2D eigenvalue weighted by Gasteiger charge is 2.22. The van der Waals surface area contributed by atoms with Gasteiger partial charge in [-0.25, -0.2) is 0 Å². The van der Waals surface area contributed by atoms with E-state index >= 15 is 0 Å². The van der Waals surface area contributed by atoms with Crippen LogP contribution in [-0.2, 0) is 16.1 Å². The van der Waals surface area contributed by atoms with Gasteiger partial charge in [-0.15, -0.1) is 0 Å². The number of amides is 3. The smallest absolute Gasteiger partial charge is 0.273 e. The maximum atomic E-state index is 12.2. The average molecular weight is 368 g/mol. The lowest BCUT2D eigenvalue weighted by molar-refractivity contribution is -0.135. The Morgan fingerprint density at radius 2 is 1.85 bits per heavy atom. The summed E-state index contributed by atoms with van der Waals surface area (Å²) < 4.78 is 5.12. The third-order valence-corrected chi connectivity index (χ3v) is 4.16. The molecule has 0 aromatic heterocycles. The number of methoxy groups -OCH3 is 1. The molecule has 3 rings (SSSR count). The standard InChI is InChI=1S/C19H20N4O4/c1-27-16-9-5-3-7-14(16)19(26)22-21-17(24)12-23-11-13-6-2-4-8-15(13)20-10-18(23)25/h2-9,20H,10-12H2,1H3,(H,21,24)(H,22,26). The number of nitrogens with one attached hydrogen (secondary N) is 3. The zero-order valence-electron chi connectivity index (χ0n) is 14.8. The minimum Gasteiger partial charge on any atom is -0.496 e. The predicted molar refractivity (Wildman–Crippen MR) is 99.0 cm³/mol. The van der Waals surface area contributed by atoms with Crippen LogP contribution in [0.3, 0.4) is 0 Å². The summed E-state index contributed by atoms with van der Waals surface area (Å²) in [7, 11) is 1.46. The first-order valence-corrected chi connectivity index (χ1v) is 8.40. The fourth-order valence-electron chi connectivity index (χ4n) is 2.79. The molecule has 0 bridgehead atoms. The first kappa shape index (κ1) is 18.2. The quantitative estimate of drug-likeness (QED) is 0.697. The van der Waals surface area contributed by atoms with Gasteiger partial charge in [-0.3, -0.25) is 25.2 Å². The van der Waals surface area contributed by atoms with E-state index in [1.54, 1.807) is 24.3 Å². The van der Waals surface area contributed by atoms with Crippen molar-refractivity contribution in [2.75, 3.05) is 25.5 Å². The van der Waals surface area contributed by atoms with Gasteiger partial charge in [-0.2, -0.15) is 0 Å². The number of rotatable bonds is 4. The van der Waals surface area contributed by atoms with E-state index in [9.17, 15) is 14.4 Å². The monoisotopic (exact) mass is 368 g/mol. The Labute approximate surface area is 156 Å². The van der Waals surface area contributed by atoms with Crippen LogP contribution in [0.5, 0.6) is 5.75 Å². The molecule has 3 amide bonds. The normalized spacial score (nSPS) is 13.1. The summed E-state index contributed by atoms with van der Waals surface area (Å²) in [4.78, 5) is 38.1. The Morgan fingerprint density at radius 3 is 2.67 bits per heavy atom. The van der Waals surface area contributed by atoms with Gasteiger partial charge >= 0.3 is 0 Å². The minimum absolute atomic E-state index is 0.109. The molecule has 2 aromatic rings. The van der Waals surface area contributed by atoms with Crippen molar-refractivity contribution in [2.24, 2.45) is 0 Å². The first-order valence-electron chi connectivity index (χ1n) is 8.40. The molecule has 140 valence electrons. The summed E-state index contributed by atoms with van der Waals surface area (Å²) in [6, 6.07) is 14.2. The van der Waals surface area contributed by atoms with Crippen LogP contribution in [0.1, 0.15) is 15.9 Å². The van der Waals surface area contributed by atoms with E-state index in [1.165, 1.54) is 12.0 Å². The summed E-state index contributed by atoms with van der Waals surface area (Å²) >= 11 is 0. The average Bonchev–Trinajstić information content (AvgIpc) is 2.85. The SMILES string of the molecule is COc1ccccc1C(=O)NNC(=O)CN1Cc2ccccc2NCC1=O. The van der Waals surface area contributed by atoms with Crippen LogP contribution in [-0.4, -0.2) is 42.8 Å². The molecule has 3 N–H and O–H groups in total. The number of benzene rings is 2. The van der Waals surface area contributed by atoms with Crippen molar-refractivity contribution < 1.29 is 19.1 Å². The zero-order chi connectivity index (χ0) is 19.2. The van der Waals surface area contributed by atoms with E-state index in [0.717, 1.165) is 11.3 Å². The second kappa shape index (κ2) is 8.22. The molecule has 1 heterocycles. The van der Waals surface area contributed by atoms with Gasteiger partial charge in [0.15, 0.2) is 0 Å². The van der Waals surface area contributed by atoms with Crippen LogP contribution in [0.4, 0.5) is 5.69 Å². The molecule has 1 aliphatic rings. The Bertz CT molecular complexity index is 868. The number of ether oxygens (including phenoxy) is 1. The molecule has 2 aromatic carbocycles. The van der Waals surface area contributed by atoms with Crippen molar-refractivity contribution in [3.63, 3.8) is 0 Å². The van der Waals surface area contributed by atoms with Crippen molar-refractivity contribution in [3.8, 4) is 5.75 Å². The fourth-order valence-corrected chi connectivity index (χ4v) is 2.79. The van der Waals surface area contributed by atoms with E-state index < -0.39 is 11.8 Å². The Balaban J connectivity index is 1.59. The number of hydrogen-bond donors (Lipinski definition) is 3. The van der Waals surface area contributed by atoms with Gasteiger partial charge in [-0.05, 0) is 23.8 Å². The van der Waals surface area contributed by atoms with E-state index in [-0.39, 0.29) is 19.0 Å². The van der Waals surface area contributed by atoms with Crippen LogP contribution < -0.4 is 20.9 Å². The molecule has 0 saturated heterocycles. The highest BCUT2D eigenvalue weighted by molar-refractivity contribution is 5.98. The van der Waals surface area contributed by atoms with Gasteiger partial charge in [0.2, 0.25) is 5.91 Å². The van der Waals surface area contributed by atoms with Crippen LogP contribution in [0.15, 0.2) is 48.5 Å². The van der Waals surface area contributed by atoms with E-state index in [4.69, 9.17) is 4.74 Å². The molecule has 0 saturated carbocycles. The van der Waals surface area contributed by atoms with Gasteiger partial charge < -0.3 is 15.0 Å². The second-order valence-corrected chi connectivity index (χ2v) is 5.96. The molecule has 0 radical (unpaired) electrons. The van der Waals surface area contributed by atoms with Gasteiger partial charge in [-0.1, -0.05) is 30.3 Å². The lowest BCUT2D eigenvalue weighted by atomic mass is 10.2. The molecule has 8 heteroatoms. The molecule has 8 nitrogen and oxygen atoms in total. The summed E-state index contributed by atoms with van der Waals surface area (Å²) in [5.41, 5.74) is 6.77. The fraction of sp³-hybridized carbons (Fsp3) is 0.211. The highest BCUT2D eigenvalue weighted by Crippen LogP contribution is 2.20. The first-order chi connectivity index (χ1) is 13.1. The Hall–Kier alpha value is -3.55. The number of carbonyl (C=O) groups excluding carboxylic acids is 3. The van der Waals surface area contributed by atoms with Crippen molar-refractivity contribution in [1.82, 2.24) is 15.8 Å². The lowest BCUT2D eigenvalue weighted by Gasteiger charge is -2.20. The molecule has 0 unspecified atom stereocenters. The molecule has 0 aliphatic carbocycles. The van der Waals surface area contributed by atoms with Gasteiger partial charge in [0.1, 0.15) is 12.3 Å². The van der Waals surface area contributed by atoms with Crippen molar-refractivity contribution in [3.05, 3.63) is 59.7 Å². The number of hydrazine groups is 1. The van der Waals surface area contributed by atoms with Crippen LogP contribution in [0, 0.1) is 0 Å². The maximum Gasteiger partial charge on any atom is 0.273 e. The zero-order valence-corrected chi connectivity index (χ0v) is 14.8. The Kier molecular flexibility index (Phi) is 5.55. The summed E-state index contributed by atoms with van der Waals surface area (Å²) in [5, 5.41) is 3.06. The number of anilines is 1. The van der Waals surface area contributed by atoms with Crippen molar-refractivity contribution in [2.45, 2.75) is 6.54 Å². The highest BCUT2D eigenvalue weighted by atomic mass is 16.5. The molecule has 27 heavy (non-hydrogen) atoms. The molecular formula is C19H20N4O4. The molecule has 0 fully saturated rings. The third kappa shape index (κ3) is 4.35. The predicted octanol–water partition coefficient (Wildman–Crippen LogP) is 0.910. The number of para-hydroxylation sites is 2. The van der Waals surface area contributed by atoms with Crippen LogP contribution in [0.25, 0.3) is 0 Å². The number of nitrogens with zero attached hydrogens (tertiary/aromatic N) is 1. The van der Waals surface area contributed by atoms with Crippen LogP contribution >= 0.6 is 0 Å². The Morgan fingerprint density at radius 1 is 1.11 bits per heavy atom. The van der Waals surface area contributed by atoms with E-state index in [2.05, 4.69) is 16.2 Å². The van der Waals surface area contributed by atoms with Gasteiger partial charge in [0.05, 0.1) is 19.2 Å². The maximum absolute atomic E-state index is 12.2. The number of carbonyl (C=O) groups is 3. The van der Waals surface area contributed by atoms with E-state index in [0.29, 0.717) is 17.9 Å².